The molecule has 0 spiro atoms. The summed E-state index contributed by atoms with van der Waals surface area (Å²) < 4.78 is 18.1. The van der Waals surface area contributed by atoms with Gasteiger partial charge in [0.1, 0.15) is 11.4 Å². The molecule has 24 heavy (non-hydrogen) atoms. The molecule has 0 radical (unpaired) electrons. The number of rotatable bonds is 4. The lowest BCUT2D eigenvalue weighted by Crippen LogP contribution is -2.14. The van der Waals surface area contributed by atoms with E-state index in [0.29, 0.717) is 5.56 Å². The molecule has 2 aromatic carbocycles. The van der Waals surface area contributed by atoms with Crippen LogP contribution >= 0.6 is 0 Å². The second-order valence-electron chi connectivity index (χ2n) is 4.65. The van der Waals surface area contributed by atoms with Gasteiger partial charge >= 0.3 is 6.01 Å². The molecule has 120 valence electrons. The van der Waals surface area contributed by atoms with Crippen molar-refractivity contribution in [3.8, 4) is 11.5 Å². The van der Waals surface area contributed by atoms with Crippen molar-refractivity contribution < 1.29 is 18.5 Å². The summed E-state index contributed by atoms with van der Waals surface area (Å²) in [5.74, 6) is -1.09. The maximum atomic E-state index is 12.9. The molecule has 3 rings (SSSR count). The highest BCUT2D eigenvalue weighted by atomic mass is 19.1. The minimum atomic E-state index is -0.753. The van der Waals surface area contributed by atoms with E-state index in [1.807, 2.05) is 0 Å². The van der Waals surface area contributed by atoms with Crippen molar-refractivity contribution >= 4 is 17.6 Å². The molecule has 9 heteroatoms. The number of halogens is 1. The van der Waals surface area contributed by atoms with Crippen LogP contribution in [0.1, 0.15) is 10.4 Å². The third-order valence-corrected chi connectivity index (χ3v) is 3.08. The number of benzene rings is 2. The van der Waals surface area contributed by atoms with Gasteiger partial charge in [-0.25, -0.2) is 4.39 Å². The number of nitro benzene ring substituents is 1. The van der Waals surface area contributed by atoms with Crippen LogP contribution < -0.4 is 5.32 Å². The third kappa shape index (κ3) is 3.09. The second kappa shape index (κ2) is 6.24. The van der Waals surface area contributed by atoms with E-state index in [1.54, 1.807) is 0 Å². The molecular formula is C15H9FN4O4. The van der Waals surface area contributed by atoms with Crippen molar-refractivity contribution in [3.05, 3.63) is 70.0 Å². The van der Waals surface area contributed by atoms with E-state index < -0.39 is 16.6 Å². The first-order valence-electron chi connectivity index (χ1n) is 6.69. The summed E-state index contributed by atoms with van der Waals surface area (Å²) in [5, 5.41) is 20.6. The zero-order valence-corrected chi connectivity index (χ0v) is 12.0. The largest absolute Gasteiger partial charge is 0.403 e. The molecule has 0 atom stereocenters. The van der Waals surface area contributed by atoms with E-state index in [2.05, 4.69) is 15.5 Å². The summed E-state index contributed by atoms with van der Waals surface area (Å²) in [6, 6.07) is 10.6. The van der Waals surface area contributed by atoms with Gasteiger partial charge in [-0.1, -0.05) is 17.2 Å². The van der Waals surface area contributed by atoms with Crippen LogP contribution in [0.5, 0.6) is 0 Å². The highest BCUT2D eigenvalue weighted by Crippen LogP contribution is 2.22. The number of para-hydroxylation sites is 1. The summed E-state index contributed by atoms with van der Waals surface area (Å²) in [5.41, 5.74) is -0.00704. The summed E-state index contributed by atoms with van der Waals surface area (Å²) in [6.45, 7) is 0. The number of nitrogens with zero attached hydrogens (tertiary/aromatic N) is 3. The first-order chi connectivity index (χ1) is 11.5. The minimum Gasteiger partial charge on any atom is -0.403 e. The van der Waals surface area contributed by atoms with Crippen LogP contribution in [0.4, 0.5) is 16.1 Å². The zero-order chi connectivity index (χ0) is 17.1. The molecule has 1 heterocycles. The number of hydrogen-bond acceptors (Lipinski definition) is 6. The Morgan fingerprint density at radius 3 is 2.54 bits per heavy atom. The van der Waals surface area contributed by atoms with Gasteiger partial charge in [-0.2, -0.15) is 0 Å². The number of nitrogens with one attached hydrogen (secondary N) is 1. The SMILES string of the molecule is O=C(Nc1nnc(-c2ccc(F)cc2)o1)c1ccccc1[N+](=O)[O-]. The molecular weight excluding hydrogens is 319 g/mol. The number of carbonyl (C=O) groups is 1. The molecule has 0 aliphatic carbocycles. The quantitative estimate of drug-likeness (QED) is 0.582. The van der Waals surface area contributed by atoms with Crippen LogP contribution in [0.25, 0.3) is 11.5 Å². The molecule has 3 aromatic rings. The fourth-order valence-electron chi connectivity index (χ4n) is 1.97. The lowest BCUT2D eigenvalue weighted by molar-refractivity contribution is -0.385. The van der Waals surface area contributed by atoms with Crippen LogP contribution in [0, 0.1) is 15.9 Å². The highest BCUT2D eigenvalue weighted by Gasteiger charge is 2.21. The Hall–Kier alpha value is -3.62. The molecule has 1 amide bonds. The molecule has 1 N–H and O–H groups in total. The van der Waals surface area contributed by atoms with Crippen molar-refractivity contribution in [2.75, 3.05) is 5.32 Å². The Labute approximate surface area is 134 Å². The van der Waals surface area contributed by atoms with Gasteiger partial charge in [0.2, 0.25) is 5.89 Å². The van der Waals surface area contributed by atoms with Gasteiger partial charge in [-0.05, 0) is 30.3 Å². The third-order valence-electron chi connectivity index (χ3n) is 3.08. The van der Waals surface area contributed by atoms with E-state index >= 15 is 0 Å². The highest BCUT2D eigenvalue weighted by molar-refractivity contribution is 6.06. The number of aromatic nitrogens is 2. The van der Waals surface area contributed by atoms with E-state index in [9.17, 15) is 19.3 Å². The molecule has 0 bridgehead atoms. The number of carbonyl (C=O) groups excluding carboxylic acids is 1. The molecule has 1 aromatic heterocycles. The predicted molar refractivity (Wildman–Crippen MR) is 80.7 cm³/mol. The van der Waals surface area contributed by atoms with Gasteiger partial charge < -0.3 is 4.42 Å². The molecule has 0 fully saturated rings. The van der Waals surface area contributed by atoms with Gasteiger partial charge in [-0.15, -0.1) is 5.10 Å². The van der Waals surface area contributed by atoms with Gasteiger partial charge in [-0.3, -0.25) is 20.2 Å². The standard InChI is InChI=1S/C15H9FN4O4/c16-10-7-5-9(6-8-10)14-18-19-15(24-14)17-13(21)11-3-1-2-4-12(11)20(22)23/h1-8H,(H,17,19,21). The summed E-state index contributed by atoms with van der Waals surface area (Å²) in [4.78, 5) is 22.4. The first kappa shape index (κ1) is 15.3. The van der Waals surface area contributed by atoms with Crippen LogP contribution in [-0.4, -0.2) is 21.0 Å². The van der Waals surface area contributed by atoms with Crippen molar-refractivity contribution in [1.82, 2.24) is 10.2 Å². The van der Waals surface area contributed by atoms with Crippen LogP contribution in [0.2, 0.25) is 0 Å². The summed E-state index contributed by atoms with van der Waals surface area (Å²) >= 11 is 0. The average molecular weight is 328 g/mol. The van der Waals surface area contributed by atoms with E-state index in [4.69, 9.17) is 4.42 Å². The molecule has 0 aliphatic heterocycles. The number of amides is 1. The Morgan fingerprint density at radius 1 is 1.12 bits per heavy atom. The van der Waals surface area contributed by atoms with Gasteiger partial charge in [0, 0.05) is 11.6 Å². The number of nitro groups is 1. The minimum absolute atomic E-state index is 0.0767. The molecule has 0 saturated heterocycles. The fraction of sp³-hybridized carbons (Fsp3) is 0. The van der Waals surface area contributed by atoms with E-state index in [0.717, 1.165) is 0 Å². The Bertz CT molecular complexity index is 908. The van der Waals surface area contributed by atoms with Gasteiger partial charge in [0.25, 0.3) is 11.6 Å². The second-order valence-corrected chi connectivity index (χ2v) is 4.65. The van der Waals surface area contributed by atoms with Gasteiger partial charge in [0.15, 0.2) is 0 Å². The molecule has 0 saturated carbocycles. The molecule has 8 nitrogen and oxygen atoms in total. The van der Waals surface area contributed by atoms with Gasteiger partial charge in [0.05, 0.1) is 4.92 Å². The monoisotopic (exact) mass is 328 g/mol. The summed E-state index contributed by atoms with van der Waals surface area (Å²) in [6.07, 6.45) is 0. The average Bonchev–Trinajstić information content (AvgIpc) is 3.04. The van der Waals surface area contributed by atoms with E-state index in [1.165, 1.54) is 48.5 Å². The number of hydrogen-bond donors (Lipinski definition) is 1. The number of anilines is 1. The van der Waals surface area contributed by atoms with Crippen LogP contribution in [0.15, 0.2) is 52.9 Å². The lowest BCUT2D eigenvalue weighted by Gasteiger charge is -2.01. The topological polar surface area (TPSA) is 111 Å². The maximum absolute atomic E-state index is 12.9. The smallest absolute Gasteiger partial charge is 0.322 e. The summed E-state index contributed by atoms with van der Waals surface area (Å²) in [7, 11) is 0. The maximum Gasteiger partial charge on any atom is 0.322 e. The zero-order valence-electron chi connectivity index (χ0n) is 12.0. The lowest BCUT2D eigenvalue weighted by atomic mass is 10.1. The van der Waals surface area contributed by atoms with Crippen molar-refractivity contribution in [2.45, 2.75) is 0 Å². The Morgan fingerprint density at radius 2 is 1.83 bits per heavy atom. The van der Waals surface area contributed by atoms with Crippen molar-refractivity contribution in [3.63, 3.8) is 0 Å². The first-order valence-corrected chi connectivity index (χ1v) is 6.69. The fourth-order valence-corrected chi connectivity index (χ4v) is 1.97. The Kier molecular flexibility index (Phi) is 3.98. The predicted octanol–water partition coefficient (Wildman–Crippen LogP) is 3.04. The van der Waals surface area contributed by atoms with Crippen molar-refractivity contribution in [2.24, 2.45) is 0 Å². The van der Waals surface area contributed by atoms with Crippen molar-refractivity contribution in [1.29, 1.82) is 0 Å². The normalized spacial score (nSPS) is 10.4. The molecule has 0 unspecified atom stereocenters. The van der Waals surface area contributed by atoms with Crippen LogP contribution in [-0.2, 0) is 0 Å². The Balaban J connectivity index is 1.81. The van der Waals surface area contributed by atoms with Crippen LogP contribution in [0.3, 0.4) is 0 Å². The molecule has 0 aliphatic rings. The van der Waals surface area contributed by atoms with E-state index in [-0.39, 0.29) is 23.2 Å².